The first-order valence-corrected chi connectivity index (χ1v) is 9.82. The largest absolute Gasteiger partial charge is 0.342 e. The molecular formula is C19H25N3OS. The van der Waals surface area contributed by atoms with Gasteiger partial charge in [-0.2, -0.15) is 5.10 Å². The number of hydrogen-bond donors (Lipinski definition) is 0. The van der Waals surface area contributed by atoms with Crippen molar-refractivity contribution in [3.8, 4) is 5.69 Å². The van der Waals surface area contributed by atoms with E-state index in [0.29, 0.717) is 11.8 Å². The van der Waals surface area contributed by atoms with Gasteiger partial charge in [0.1, 0.15) is 0 Å². The molecule has 24 heavy (non-hydrogen) atoms. The molecule has 2 aromatic rings. The second-order valence-corrected chi connectivity index (χ2v) is 7.39. The fourth-order valence-corrected chi connectivity index (χ4v) is 4.10. The zero-order valence-corrected chi connectivity index (χ0v) is 15.0. The van der Waals surface area contributed by atoms with Crippen molar-refractivity contribution in [2.45, 2.75) is 43.9 Å². The summed E-state index contributed by atoms with van der Waals surface area (Å²) in [5.74, 6) is 1.69. The molecular weight excluding hydrogens is 318 g/mol. The summed E-state index contributed by atoms with van der Waals surface area (Å²) in [6.45, 7) is 0. The monoisotopic (exact) mass is 343 g/mol. The van der Waals surface area contributed by atoms with Gasteiger partial charge in [0, 0.05) is 31.2 Å². The van der Waals surface area contributed by atoms with Crippen molar-refractivity contribution in [1.82, 2.24) is 14.7 Å². The molecule has 4 nitrogen and oxygen atoms in total. The van der Waals surface area contributed by atoms with Crippen LogP contribution >= 0.6 is 11.8 Å². The van der Waals surface area contributed by atoms with Crippen LogP contribution in [0.2, 0.25) is 0 Å². The highest BCUT2D eigenvalue weighted by atomic mass is 32.2. The van der Waals surface area contributed by atoms with Crippen LogP contribution in [0.4, 0.5) is 0 Å². The third kappa shape index (κ3) is 4.41. The molecule has 1 fully saturated rings. The summed E-state index contributed by atoms with van der Waals surface area (Å²) in [7, 11) is 1.97. The van der Waals surface area contributed by atoms with Gasteiger partial charge in [-0.25, -0.2) is 4.68 Å². The molecule has 0 unspecified atom stereocenters. The highest BCUT2D eigenvalue weighted by molar-refractivity contribution is 7.99. The molecule has 0 saturated heterocycles. The zero-order chi connectivity index (χ0) is 16.8. The topological polar surface area (TPSA) is 38.1 Å². The van der Waals surface area contributed by atoms with Gasteiger partial charge in [0.15, 0.2) is 0 Å². The number of benzene rings is 1. The van der Waals surface area contributed by atoms with Crippen LogP contribution in [-0.4, -0.2) is 39.4 Å². The van der Waals surface area contributed by atoms with Crippen LogP contribution in [0, 0.1) is 0 Å². The maximum absolute atomic E-state index is 12.3. The lowest BCUT2D eigenvalue weighted by atomic mass is 9.94. The van der Waals surface area contributed by atoms with Crippen LogP contribution in [0.15, 0.2) is 42.7 Å². The summed E-state index contributed by atoms with van der Waals surface area (Å²) in [5.41, 5.74) is 2.30. The minimum atomic E-state index is 0.264. The predicted octanol–water partition coefficient (Wildman–Crippen LogP) is 3.90. The van der Waals surface area contributed by atoms with Crippen LogP contribution in [0.1, 0.15) is 37.7 Å². The normalized spacial score (nSPS) is 15.4. The summed E-state index contributed by atoms with van der Waals surface area (Å²) in [5, 5.41) is 4.23. The van der Waals surface area contributed by atoms with Gasteiger partial charge < -0.3 is 4.90 Å². The molecule has 0 atom stereocenters. The molecule has 128 valence electrons. The molecule has 0 spiro atoms. The SMILES string of the molecule is CN(C(=O)CSCc1ccc(-n2cccn2)cc1)C1CCCCC1. The number of amides is 1. The van der Waals surface area contributed by atoms with Gasteiger partial charge in [-0.15, -0.1) is 11.8 Å². The van der Waals surface area contributed by atoms with Crippen molar-refractivity contribution >= 4 is 17.7 Å². The Labute approximate surface area is 148 Å². The van der Waals surface area contributed by atoms with Crippen LogP contribution in [-0.2, 0) is 10.5 Å². The van der Waals surface area contributed by atoms with E-state index in [4.69, 9.17) is 0 Å². The number of thioether (sulfide) groups is 1. The quantitative estimate of drug-likeness (QED) is 0.798. The Balaban J connectivity index is 1.44. The maximum atomic E-state index is 12.3. The molecule has 0 aliphatic heterocycles. The van der Waals surface area contributed by atoms with Gasteiger partial charge in [0.2, 0.25) is 5.91 Å². The van der Waals surface area contributed by atoms with E-state index in [1.165, 1.54) is 37.7 Å². The average Bonchev–Trinajstić information content (AvgIpc) is 3.17. The van der Waals surface area contributed by atoms with E-state index < -0.39 is 0 Å². The number of carbonyl (C=O) groups excluding carboxylic acids is 1. The fraction of sp³-hybridized carbons (Fsp3) is 0.474. The Morgan fingerprint density at radius 3 is 2.67 bits per heavy atom. The number of nitrogens with zero attached hydrogens (tertiary/aromatic N) is 3. The van der Waals surface area contributed by atoms with Crippen molar-refractivity contribution in [3.05, 3.63) is 48.3 Å². The summed E-state index contributed by atoms with van der Waals surface area (Å²) >= 11 is 1.70. The molecule has 5 heteroatoms. The smallest absolute Gasteiger partial charge is 0.232 e. The summed E-state index contributed by atoms with van der Waals surface area (Å²) in [6, 6.07) is 10.7. The second kappa shape index (κ2) is 8.38. The number of aromatic nitrogens is 2. The number of hydrogen-bond acceptors (Lipinski definition) is 3. The third-order valence-corrected chi connectivity index (χ3v) is 5.70. The van der Waals surface area contributed by atoms with Gasteiger partial charge in [-0.3, -0.25) is 4.79 Å². The minimum absolute atomic E-state index is 0.264. The summed E-state index contributed by atoms with van der Waals surface area (Å²) in [6.07, 6.45) is 9.89. The minimum Gasteiger partial charge on any atom is -0.342 e. The Hall–Kier alpha value is -1.75. The lowest BCUT2D eigenvalue weighted by Crippen LogP contribution is -2.39. The lowest BCUT2D eigenvalue weighted by molar-refractivity contribution is -0.129. The van der Waals surface area contributed by atoms with Gasteiger partial charge in [0.05, 0.1) is 11.4 Å². The van der Waals surface area contributed by atoms with E-state index in [2.05, 4.69) is 29.4 Å². The highest BCUT2D eigenvalue weighted by Crippen LogP contribution is 2.22. The first-order valence-electron chi connectivity index (χ1n) is 8.66. The van der Waals surface area contributed by atoms with Gasteiger partial charge in [0.25, 0.3) is 0 Å². The molecule has 0 N–H and O–H groups in total. The number of rotatable bonds is 6. The van der Waals surface area contributed by atoms with E-state index in [9.17, 15) is 4.79 Å². The van der Waals surface area contributed by atoms with E-state index in [1.807, 2.05) is 28.9 Å². The summed E-state index contributed by atoms with van der Waals surface area (Å²) < 4.78 is 1.85. The second-order valence-electron chi connectivity index (χ2n) is 6.41. The Morgan fingerprint density at radius 1 is 1.25 bits per heavy atom. The molecule has 3 rings (SSSR count). The molecule has 1 heterocycles. The van der Waals surface area contributed by atoms with Gasteiger partial charge in [-0.05, 0) is 36.6 Å². The number of carbonyl (C=O) groups is 1. The van der Waals surface area contributed by atoms with Crippen molar-refractivity contribution in [1.29, 1.82) is 0 Å². The Bertz CT molecular complexity index is 633. The third-order valence-electron chi connectivity index (χ3n) is 4.72. The predicted molar refractivity (Wildman–Crippen MR) is 99.4 cm³/mol. The molecule has 1 amide bonds. The first-order chi connectivity index (χ1) is 11.7. The van der Waals surface area contributed by atoms with E-state index in [-0.39, 0.29) is 5.91 Å². The van der Waals surface area contributed by atoms with Crippen LogP contribution in [0.25, 0.3) is 5.69 Å². The molecule has 1 aromatic heterocycles. The standard InChI is InChI=1S/C19H25N3OS/c1-21(17-6-3-2-4-7-17)19(23)15-24-14-16-8-10-18(11-9-16)22-13-5-12-20-22/h5,8-13,17H,2-4,6-7,14-15H2,1H3. The van der Waals surface area contributed by atoms with Crippen LogP contribution < -0.4 is 0 Å². The van der Waals surface area contributed by atoms with Crippen LogP contribution in [0.3, 0.4) is 0 Å². The van der Waals surface area contributed by atoms with Crippen LogP contribution in [0.5, 0.6) is 0 Å². The average molecular weight is 343 g/mol. The van der Waals surface area contributed by atoms with Crippen molar-refractivity contribution < 1.29 is 4.79 Å². The molecule has 0 radical (unpaired) electrons. The zero-order valence-electron chi connectivity index (χ0n) is 14.2. The molecule has 1 aliphatic rings. The van der Waals surface area contributed by atoms with Gasteiger partial charge in [-0.1, -0.05) is 31.4 Å². The van der Waals surface area contributed by atoms with E-state index in [0.717, 1.165) is 11.4 Å². The highest BCUT2D eigenvalue weighted by Gasteiger charge is 2.21. The molecule has 0 bridgehead atoms. The molecule has 1 aliphatic carbocycles. The Kier molecular flexibility index (Phi) is 5.96. The van der Waals surface area contributed by atoms with Gasteiger partial charge >= 0.3 is 0 Å². The van der Waals surface area contributed by atoms with Crippen molar-refractivity contribution in [2.75, 3.05) is 12.8 Å². The van der Waals surface area contributed by atoms with Crippen molar-refractivity contribution in [2.24, 2.45) is 0 Å². The molecule has 1 saturated carbocycles. The lowest BCUT2D eigenvalue weighted by Gasteiger charge is -2.31. The first kappa shape index (κ1) is 17.1. The van der Waals surface area contributed by atoms with Crippen molar-refractivity contribution in [3.63, 3.8) is 0 Å². The summed E-state index contributed by atoms with van der Waals surface area (Å²) in [4.78, 5) is 14.3. The van der Waals surface area contributed by atoms with E-state index in [1.54, 1.807) is 18.0 Å². The van der Waals surface area contributed by atoms with E-state index >= 15 is 0 Å². The Morgan fingerprint density at radius 2 is 2.00 bits per heavy atom. The molecule has 1 aromatic carbocycles. The fourth-order valence-electron chi connectivity index (χ4n) is 3.20. The maximum Gasteiger partial charge on any atom is 0.232 e.